The standard InChI is InChI=1S/C15H20N2O2.ClH/c18-14-9-16-7-11(14)8-17-15(19)13-6-2-4-10-3-1-5-12(10)13;/h2,4,6,11,14,16,18H,1,3,5,7-9H2,(H,17,19);1H. The number of carbonyl (C=O) groups is 1. The molecule has 2 atom stereocenters. The molecule has 20 heavy (non-hydrogen) atoms. The molecule has 0 spiro atoms. The number of carbonyl (C=O) groups excluding carboxylic acids is 1. The predicted molar refractivity (Wildman–Crippen MR) is 80.4 cm³/mol. The number of benzene rings is 1. The van der Waals surface area contributed by atoms with E-state index in [4.69, 9.17) is 0 Å². The Morgan fingerprint density at radius 3 is 2.95 bits per heavy atom. The van der Waals surface area contributed by atoms with Gasteiger partial charge in [-0.1, -0.05) is 12.1 Å². The number of aliphatic hydroxyl groups is 1. The summed E-state index contributed by atoms with van der Waals surface area (Å²) in [6, 6.07) is 5.98. The maximum atomic E-state index is 12.3. The number of β-amino-alcohol motifs (C(OH)–C–C–N with tert-alkyl or cyclic N) is 1. The first-order chi connectivity index (χ1) is 9.25. The minimum atomic E-state index is -0.346. The highest BCUT2D eigenvalue weighted by atomic mass is 35.5. The molecular weight excluding hydrogens is 276 g/mol. The van der Waals surface area contributed by atoms with Crippen LogP contribution in [0.1, 0.15) is 27.9 Å². The van der Waals surface area contributed by atoms with Crippen LogP contribution in [0, 0.1) is 5.92 Å². The lowest BCUT2D eigenvalue weighted by atomic mass is 10.0. The summed E-state index contributed by atoms with van der Waals surface area (Å²) in [5, 5.41) is 15.8. The van der Waals surface area contributed by atoms with Gasteiger partial charge in [0.05, 0.1) is 6.10 Å². The molecule has 1 aromatic carbocycles. The Labute approximate surface area is 125 Å². The zero-order valence-electron chi connectivity index (χ0n) is 11.4. The van der Waals surface area contributed by atoms with Crippen molar-refractivity contribution in [3.63, 3.8) is 0 Å². The Morgan fingerprint density at radius 1 is 1.35 bits per heavy atom. The van der Waals surface area contributed by atoms with Crippen LogP contribution in [0.5, 0.6) is 0 Å². The third-order valence-corrected chi connectivity index (χ3v) is 4.22. The van der Waals surface area contributed by atoms with Crippen molar-refractivity contribution in [2.45, 2.75) is 25.4 Å². The van der Waals surface area contributed by atoms with E-state index >= 15 is 0 Å². The van der Waals surface area contributed by atoms with Crippen LogP contribution in [0.15, 0.2) is 18.2 Å². The van der Waals surface area contributed by atoms with Crippen LogP contribution in [0.25, 0.3) is 0 Å². The Hall–Kier alpha value is -1.10. The van der Waals surface area contributed by atoms with Crippen LogP contribution >= 0.6 is 12.4 Å². The van der Waals surface area contributed by atoms with Gasteiger partial charge < -0.3 is 15.7 Å². The van der Waals surface area contributed by atoms with Gasteiger partial charge in [0.1, 0.15) is 0 Å². The van der Waals surface area contributed by atoms with Crippen molar-refractivity contribution in [3.05, 3.63) is 34.9 Å². The van der Waals surface area contributed by atoms with Crippen molar-refractivity contribution in [1.82, 2.24) is 10.6 Å². The molecule has 0 radical (unpaired) electrons. The fourth-order valence-corrected chi connectivity index (χ4v) is 3.08. The van der Waals surface area contributed by atoms with Crippen LogP contribution in [0.2, 0.25) is 0 Å². The maximum Gasteiger partial charge on any atom is 0.251 e. The molecule has 1 aliphatic heterocycles. The molecule has 0 saturated carbocycles. The third kappa shape index (κ3) is 2.97. The second-order valence-electron chi connectivity index (χ2n) is 5.49. The number of hydrogen-bond acceptors (Lipinski definition) is 3. The Morgan fingerprint density at radius 2 is 2.20 bits per heavy atom. The van der Waals surface area contributed by atoms with Crippen molar-refractivity contribution in [2.75, 3.05) is 19.6 Å². The van der Waals surface area contributed by atoms with Crippen LogP contribution in [-0.2, 0) is 12.8 Å². The highest BCUT2D eigenvalue weighted by Crippen LogP contribution is 2.25. The molecule has 1 aromatic rings. The van der Waals surface area contributed by atoms with Crippen molar-refractivity contribution < 1.29 is 9.90 Å². The van der Waals surface area contributed by atoms with E-state index in [1.807, 2.05) is 12.1 Å². The summed E-state index contributed by atoms with van der Waals surface area (Å²) in [6.45, 7) is 1.94. The Bertz CT molecular complexity index is 493. The fourth-order valence-electron chi connectivity index (χ4n) is 3.08. The van der Waals surface area contributed by atoms with Crippen LogP contribution in [-0.4, -0.2) is 36.8 Å². The number of fused-ring (bicyclic) bond motifs is 1. The van der Waals surface area contributed by atoms with Crippen molar-refractivity contribution in [2.24, 2.45) is 5.92 Å². The third-order valence-electron chi connectivity index (χ3n) is 4.22. The van der Waals surface area contributed by atoms with Gasteiger partial charge in [0.2, 0.25) is 0 Å². The summed E-state index contributed by atoms with van der Waals surface area (Å²) in [5.74, 6) is 0.124. The second-order valence-corrected chi connectivity index (χ2v) is 5.49. The molecular formula is C15H21ClN2O2. The zero-order valence-corrected chi connectivity index (χ0v) is 12.2. The summed E-state index contributed by atoms with van der Waals surface area (Å²) < 4.78 is 0. The molecule has 3 N–H and O–H groups in total. The number of aliphatic hydroxyl groups excluding tert-OH is 1. The van der Waals surface area contributed by atoms with Crippen LogP contribution in [0.4, 0.5) is 0 Å². The van der Waals surface area contributed by atoms with Gasteiger partial charge >= 0.3 is 0 Å². The van der Waals surface area contributed by atoms with Gasteiger partial charge in [-0.25, -0.2) is 0 Å². The first-order valence-corrected chi connectivity index (χ1v) is 7.03. The first-order valence-electron chi connectivity index (χ1n) is 7.03. The van der Waals surface area contributed by atoms with E-state index < -0.39 is 0 Å². The molecule has 3 rings (SSSR count). The van der Waals surface area contributed by atoms with E-state index in [2.05, 4.69) is 16.7 Å². The lowest BCUT2D eigenvalue weighted by Crippen LogP contribution is -2.34. The molecule has 0 aromatic heterocycles. The van der Waals surface area contributed by atoms with Gasteiger partial charge in [-0.3, -0.25) is 4.79 Å². The minimum Gasteiger partial charge on any atom is -0.391 e. The molecule has 2 aliphatic rings. The van der Waals surface area contributed by atoms with E-state index in [1.165, 1.54) is 11.1 Å². The van der Waals surface area contributed by atoms with E-state index in [1.54, 1.807) is 0 Å². The number of amides is 1. The fraction of sp³-hybridized carbons (Fsp3) is 0.533. The molecule has 1 fully saturated rings. The number of halogens is 1. The highest BCUT2D eigenvalue weighted by Gasteiger charge is 2.26. The maximum absolute atomic E-state index is 12.3. The van der Waals surface area contributed by atoms with Crippen molar-refractivity contribution in [3.8, 4) is 0 Å². The summed E-state index contributed by atoms with van der Waals surface area (Å²) in [5.41, 5.74) is 3.34. The SMILES string of the molecule is Cl.O=C(NCC1CNCC1O)c1cccc2c1CCC2. The van der Waals surface area contributed by atoms with Crippen molar-refractivity contribution in [1.29, 1.82) is 0 Å². The summed E-state index contributed by atoms with van der Waals surface area (Å²) in [7, 11) is 0. The van der Waals surface area contributed by atoms with Crippen LogP contribution in [0.3, 0.4) is 0 Å². The molecule has 1 heterocycles. The van der Waals surface area contributed by atoms with Crippen LogP contribution < -0.4 is 10.6 Å². The van der Waals surface area contributed by atoms with Gasteiger partial charge in [-0.2, -0.15) is 0 Å². The molecule has 1 aliphatic carbocycles. The normalized spacial score (nSPS) is 24.1. The molecule has 1 saturated heterocycles. The lowest BCUT2D eigenvalue weighted by molar-refractivity contribution is 0.0926. The Kier molecular flexibility index (Phi) is 5.02. The second kappa shape index (κ2) is 6.57. The van der Waals surface area contributed by atoms with Gasteiger partial charge in [-0.15, -0.1) is 12.4 Å². The quantitative estimate of drug-likeness (QED) is 0.777. The van der Waals surface area contributed by atoms with Gasteiger partial charge in [0.25, 0.3) is 5.91 Å². The minimum absolute atomic E-state index is 0. The van der Waals surface area contributed by atoms with Gasteiger partial charge in [0.15, 0.2) is 0 Å². The smallest absolute Gasteiger partial charge is 0.251 e. The lowest BCUT2D eigenvalue weighted by Gasteiger charge is -2.15. The zero-order chi connectivity index (χ0) is 13.2. The molecule has 110 valence electrons. The van der Waals surface area contributed by atoms with Gasteiger partial charge in [0, 0.05) is 31.1 Å². The number of rotatable bonds is 3. The average molecular weight is 297 g/mol. The molecule has 5 heteroatoms. The predicted octanol–water partition coefficient (Wildman–Crippen LogP) is 0.907. The van der Waals surface area contributed by atoms with E-state index in [0.29, 0.717) is 13.1 Å². The highest BCUT2D eigenvalue weighted by molar-refractivity contribution is 5.96. The van der Waals surface area contributed by atoms with E-state index in [-0.39, 0.29) is 30.3 Å². The van der Waals surface area contributed by atoms with E-state index in [0.717, 1.165) is 31.4 Å². The average Bonchev–Trinajstić information content (AvgIpc) is 3.04. The molecule has 0 bridgehead atoms. The topological polar surface area (TPSA) is 61.4 Å². The van der Waals surface area contributed by atoms with Gasteiger partial charge in [-0.05, 0) is 36.5 Å². The number of nitrogens with one attached hydrogen (secondary N) is 2. The summed E-state index contributed by atoms with van der Waals surface area (Å²) in [4.78, 5) is 12.3. The number of aryl methyl sites for hydroxylation is 1. The summed E-state index contributed by atoms with van der Waals surface area (Å²) >= 11 is 0. The number of hydrogen-bond donors (Lipinski definition) is 3. The summed E-state index contributed by atoms with van der Waals surface area (Å²) in [6.07, 6.45) is 2.89. The van der Waals surface area contributed by atoms with Crippen molar-refractivity contribution >= 4 is 18.3 Å². The Balaban J connectivity index is 0.00000147. The monoisotopic (exact) mass is 296 g/mol. The molecule has 1 amide bonds. The largest absolute Gasteiger partial charge is 0.391 e. The van der Waals surface area contributed by atoms with E-state index in [9.17, 15) is 9.90 Å². The first kappa shape index (κ1) is 15.3. The molecule has 2 unspecified atom stereocenters. The molecule has 4 nitrogen and oxygen atoms in total.